The lowest BCUT2D eigenvalue weighted by atomic mass is 9.76. The highest BCUT2D eigenvalue weighted by atomic mass is 35.5. The molecule has 1 amide bonds. The Balaban J connectivity index is 0.00000192. The Labute approximate surface area is 190 Å². The van der Waals surface area contributed by atoms with Crippen LogP contribution in [-0.2, 0) is 14.3 Å². The first kappa shape index (κ1) is 28.7. The van der Waals surface area contributed by atoms with Crippen LogP contribution in [0.5, 0.6) is 0 Å². The summed E-state index contributed by atoms with van der Waals surface area (Å²) >= 11 is 5.27. The highest BCUT2D eigenvalue weighted by Gasteiger charge is 2.39. The molecule has 1 atom stereocenters. The Morgan fingerprint density at radius 3 is 1.80 bits per heavy atom. The van der Waals surface area contributed by atoms with Crippen molar-refractivity contribution in [3.8, 4) is 0 Å². The molecule has 1 aliphatic rings. The third-order valence-electron chi connectivity index (χ3n) is 6.85. The molecule has 174 valence electrons. The predicted octanol–water partition coefficient (Wildman–Crippen LogP) is 6.39. The molecule has 4 nitrogen and oxygen atoms in total. The van der Waals surface area contributed by atoms with Crippen molar-refractivity contribution in [2.75, 3.05) is 20.7 Å². The molecule has 0 saturated carbocycles. The molecule has 0 aromatic heterocycles. The van der Waals surface area contributed by atoms with Crippen molar-refractivity contribution in [1.29, 1.82) is 0 Å². The number of carbonyl (C=O) groups is 2. The minimum atomic E-state index is -0.291. The van der Waals surface area contributed by atoms with E-state index in [-0.39, 0.29) is 28.6 Å². The van der Waals surface area contributed by atoms with Gasteiger partial charge >= 0.3 is 5.97 Å². The number of carbonyl (C=O) groups excluding carboxylic acids is 2. The van der Waals surface area contributed by atoms with Crippen molar-refractivity contribution in [1.82, 2.24) is 4.90 Å². The monoisotopic (exact) mass is 441 g/mol. The van der Waals surface area contributed by atoms with E-state index in [0.29, 0.717) is 24.8 Å². The highest BCUT2D eigenvalue weighted by molar-refractivity contribution is 6.20. The summed E-state index contributed by atoms with van der Waals surface area (Å²) in [6.45, 7) is 20.9. The van der Waals surface area contributed by atoms with E-state index in [2.05, 4.69) is 34.6 Å². The van der Waals surface area contributed by atoms with Crippen molar-refractivity contribution in [3.63, 3.8) is 0 Å². The molecule has 1 aliphatic carbocycles. The topological polar surface area (TPSA) is 46.6 Å². The van der Waals surface area contributed by atoms with E-state index >= 15 is 0 Å². The van der Waals surface area contributed by atoms with E-state index < -0.39 is 0 Å². The van der Waals surface area contributed by atoms with Crippen LogP contribution in [0.2, 0.25) is 0 Å². The zero-order valence-corrected chi connectivity index (χ0v) is 22.1. The molecule has 0 fully saturated rings. The first-order chi connectivity index (χ1) is 13.5. The number of nitrogens with zero attached hydrogens (tertiary/aromatic N) is 1. The van der Waals surface area contributed by atoms with Crippen LogP contribution in [0, 0.1) is 16.7 Å². The molecule has 5 heteroatoms. The van der Waals surface area contributed by atoms with Crippen LogP contribution in [0.4, 0.5) is 0 Å². The lowest BCUT2D eigenvalue weighted by molar-refractivity contribution is -0.154. The average molecular weight is 442 g/mol. The summed E-state index contributed by atoms with van der Waals surface area (Å²) in [6, 6.07) is 0. The van der Waals surface area contributed by atoms with Gasteiger partial charge in [-0.2, -0.15) is 0 Å². The number of hydrogen-bond donors (Lipinski definition) is 0. The van der Waals surface area contributed by atoms with Crippen LogP contribution in [0.15, 0.2) is 22.3 Å². The van der Waals surface area contributed by atoms with Crippen LogP contribution in [-0.4, -0.2) is 42.9 Å². The second-order valence-electron chi connectivity index (χ2n) is 9.95. The lowest BCUT2D eigenvalue weighted by Crippen LogP contribution is -2.34. The SMILES string of the molecule is CC(C)Cl.CC1=C(C)C(C)(COC(=O)C(C)C(C)(C)CCC(=O)N(C)C)C(C)=C1C. The van der Waals surface area contributed by atoms with Gasteiger partial charge in [-0.05, 0) is 71.4 Å². The number of halogens is 1. The third-order valence-corrected chi connectivity index (χ3v) is 6.85. The third kappa shape index (κ3) is 7.44. The van der Waals surface area contributed by atoms with Gasteiger partial charge in [0, 0.05) is 31.3 Å². The summed E-state index contributed by atoms with van der Waals surface area (Å²) < 4.78 is 5.77. The highest BCUT2D eigenvalue weighted by Crippen LogP contribution is 2.46. The predicted molar refractivity (Wildman–Crippen MR) is 128 cm³/mol. The zero-order valence-electron chi connectivity index (χ0n) is 21.3. The fourth-order valence-corrected chi connectivity index (χ4v) is 3.42. The van der Waals surface area contributed by atoms with Crippen LogP contribution < -0.4 is 0 Å². The van der Waals surface area contributed by atoms with E-state index in [1.165, 1.54) is 22.3 Å². The standard InChI is InChI=1S/C22H37NO3.C3H7Cl/c1-14-15(2)17(4)22(8,16(14)3)13-26-20(25)18(5)21(6,7)12-11-19(24)23(9)10;1-3(2)4/h18H,11-13H2,1-10H3;3H,1-2H3. The molecule has 0 aromatic carbocycles. The van der Waals surface area contributed by atoms with E-state index in [4.69, 9.17) is 16.3 Å². The van der Waals surface area contributed by atoms with Crippen LogP contribution in [0.3, 0.4) is 0 Å². The quantitative estimate of drug-likeness (QED) is 0.339. The Morgan fingerprint density at radius 2 is 1.43 bits per heavy atom. The minimum Gasteiger partial charge on any atom is -0.464 e. The number of rotatable bonds is 7. The Hall–Kier alpha value is -1.29. The summed E-state index contributed by atoms with van der Waals surface area (Å²) in [5, 5.41) is 0.306. The van der Waals surface area contributed by atoms with Crippen molar-refractivity contribution in [2.24, 2.45) is 16.7 Å². The van der Waals surface area contributed by atoms with Crippen molar-refractivity contribution < 1.29 is 14.3 Å². The molecular weight excluding hydrogens is 398 g/mol. The Kier molecular flexibility index (Phi) is 10.9. The summed E-state index contributed by atoms with van der Waals surface area (Å²) in [7, 11) is 3.51. The molecule has 0 bridgehead atoms. The average Bonchev–Trinajstić information content (AvgIpc) is 2.79. The van der Waals surface area contributed by atoms with Gasteiger partial charge in [-0.3, -0.25) is 9.59 Å². The number of esters is 1. The summed E-state index contributed by atoms with van der Waals surface area (Å²) in [6.07, 6.45) is 1.10. The smallest absolute Gasteiger partial charge is 0.309 e. The molecule has 30 heavy (non-hydrogen) atoms. The second-order valence-corrected chi connectivity index (χ2v) is 10.8. The maximum absolute atomic E-state index is 12.7. The van der Waals surface area contributed by atoms with Gasteiger partial charge in [0.1, 0.15) is 6.61 Å². The largest absolute Gasteiger partial charge is 0.464 e. The van der Waals surface area contributed by atoms with E-state index in [0.717, 1.165) is 0 Å². The first-order valence-corrected chi connectivity index (χ1v) is 11.3. The van der Waals surface area contributed by atoms with Crippen molar-refractivity contribution >= 4 is 23.5 Å². The second kappa shape index (κ2) is 11.4. The van der Waals surface area contributed by atoms with Crippen LogP contribution in [0.25, 0.3) is 0 Å². The molecule has 0 radical (unpaired) electrons. The van der Waals surface area contributed by atoms with Gasteiger partial charge in [0.05, 0.1) is 5.92 Å². The lowest BCUT2D eigenvalue weighted by Gasteiger charge is -2.33. The van der Waals surface area contributed by atoms with Crippen molar-refractivity contribution in [2.45, 2.75) is 87.5 Å². The fraction of sp³-hybridized carbons (Fsp3) is 0.760. The van der Waals surface area contributed by atoms with Crippen LogP contribution >= 0.6 is 11.6 Å². The van der Waals surface area contributed by atoms with Gasteiger partial charge in [0.15, 0.2) is 0 Å². The Bertz CT molecular complexity index is 660. The molecule has 0 aliphatic heterocycles. The number of alkyl halides is 1. The van der Waals surface area contributed by atoms with Gasteiger partial charge < -0.3 is 9.64 Å². The van der Waals surface area contributed by atoms with Gasteiger partial charge in [-0.15, -0.1) is 11.6 Å². The molecule has 1 rings (SSSR count). The summed E-state index contributed by atoms with van der Waals surface area (Å²) in [5.41, 5.74) is 4.66. The number of allylic oxidation sites excluding steroid dienone is 2. The minimum absolute atomic E-state index is 0.0876. The summed E-state index contributed by atoms with van der Waals surface area (Å²) in [5.74, 6) is -0.362. The van der Waals surface area contributed by atoms with E-state index in [1.807, 2.05) is 34.6 Å². The first-order valence-electron chi connectivity index (χ1n) is 10.9. The van der Waals surface area contributed by atoms with Crippen molar-refractivity contribution in [3.05, 3.63) is 22.3 Å². The molecule has 0 heterocycles. The number of hydrogen-bond acceptors (Lipinski definition) is 3. The van der Waals surface area contributed by atoms with Gasteiger partial charge in [0.25, 0.3) is 0 Å². The van der Waals surface area contributed by atoms with Gasteiger partial charge in [-0.25, -0.2) is 0 Å². The maximum Gasteiger partial charge on any atom is 0.309 e. The van der Waals surface area contributed by atoms with E-state index in [9.17, 15) is 9.59 Å². The van der Waals surface area contributed by atoms with Gasteiger partial charge in [0.2, 0.25) is 5.91 Å². The normalized spacial score (nSPS) is 17.0. The molecular formula is C25H44ClNO3. The van der Waals surface area contributed by atoms with Gasteiger partial charge in [-0.1, -0.05) is 31.9 Å². The molecule has 0 aromatic rings. The molecule has 0 saturated heterocycles. The maximum atomic E-state index is 12.7. The molecule has 1 unspecified atom stereocenters. The summed E-state index contributed by atoms with van der Waals surface area (Å²) in [4.78, 5) is 26.1. The number of ether oxygens (including phenoxy) is 1. The van der Waals surface area contributed by atoms with Crippen LogP contribution in [0.1, 0.15) is 82.1 Å². The van der Waals surface area contributed by atoms with E-state index in [1.54, 1.807) is 19.0 Å². The zero-order chi connectivity index (χ0) is 24.0. The Morgan fingerprint density at radius 1 is 1.03 bits per heavy atom. The molecule has 0 N–H and O–H groups in total. The fourth-order valence-electron chi connectivity index (χ4n) is 3.42. The number of amides is 1. The molecule has 0 spiro atoms.